The van der Waals surface area contributed by atoms with Crippen molar-refractivity contribution in [1.29, 1.82) is 5.41 Å². The van der Waals surface area contributed by atoms with E-state index in [4.69, 9.17) is 20.9 Å². The average Bonchev–Trinajstić information content (AvgIpc) is 3.22. The van der Waals surface area contributed by atoms with Crippen LogP contribution in [-0.4, -0.2) is 45.7 Å². The number of nitrogens with zero attached hydrogens (tertiary/aromatic N) is 4. The number of nitrogens with two attached hydrogens (primary N) is 1. The quantitative estimate of drug-likeness (QED) is 0.213. The van der Waals surface area contributed by atoms with Gasteiger partial charge in [-0.25, -0.2) is 9.97 Å². The summed E-state index contributed by atoms with van der Waals surface area (Å²) in [7, 11) is 1.32. The highest BCUT2D eigenvalue weighted by Crippen LogP contribution is 2.19. The van der Waals surface area contributed by atoms with Crippen LogP contribution in [0, 0.1) is 12.3 Å². The van der Waals surface area contributed by atoms with Crippen molar-refractivity contribution in [3.05, 3.63) is 95.1 Å². The van der Waals surface area contributed by atoms with Gasteiger partial charge in [0.15, 0.2) is 0 Å². The summed E-state index contributed by atoms with van der Waals surface area (Å²) in [6.45, 7) is 2.15. The Kier molecular flexibility index (Phi) is 7.39. The molecule has 3 N–H and O–H groups in total. The smallest absolute Gasteiger partial charge is 0.307 e. The summed E-state index contributed by atoms with van der Waals surface area (Å²) >= 11 is 0. The van der Waals surface area contributed by atoms with Crippen molar-refractivity contribution in [2.24, 2.45) is 5.73 Å². The lowest BCUT2D eigenvalue weighted by Crippen LogP contribution is -2.34. The van der Waals surface area contributed by atoms with Crippen molar-refractivity contribution in [2.75, 3.05) is 18.6 Å². The zero-order valence-electron chi connectivity index (χ0n) is 20.3. The molecule has 0 atom stereocenters. The minimum absolute atomic E-state index is 0.0509. The van der Waals surface area contributed by atoms with Crippen LogP contribution in [0.15, 0.2) is 67.0 Å². The number of hydrogen-bond donors (Lipinski definition) is 2. The molecule has 0 radical (unpaired) electrons. The molecule has 0 saturated carbocycles. The van der Waals surface area contributed by atoms with Gasteiger partial charge in [-0.15, -0.1) is 0 Å². The summed E-state index contributed by atoms with van der Waals surface area (Å²) in [6, 6.07) is 16.4. The SMILES string of the molecule is COC(=O)CCN(C(=O)c1ccn2c(C)c(CCc3ccc(C(=N)N)cc3)nc2c1)c1ccccn1. The number of fused-ring (bicyclic) bond motifs is 1. The Hall–Kier alpha value is -4.53. The Labute approximate surface area is 209 Å². The normalized spacial score (nSPS) is 10.8. The number of methoxy groups -OCH3 is 1. The third kappa shape index (κ3) is 5.41. The summed E-state index contributed by atoms with van der Waals surface area (Å²) < 4.78 is 6.70. The fourth-order valence-electron chi connectivity index (χ4n) is 3.99. The molecule has 3 heterocycles. The summed E-state index contributed by atoms with van der Waals surface area (Å²) in [4.78, 5) is 35.7. The molecule has 3 aromatic heterocycles. The van der Waals surface area contributed by atoms with Gasteiger partial charge in [0.25, 0.3) is 5.91 Å². The van der Waals surface area contributed by atoms with Crippen molar-refractivity contribution in [2.45, 2.75) is 26.2 Å². The van der Waals surface area contributed by atoms with Crippen LogP contribution < -0.4 is 10.6 Å². The van der Waals surface area contributed by atoms with E-state index in [1.54, 1.807) is 36.5 Å². The zero-order chi connectivity index (χ0) is 25.7. The van der Waals surface area contributed by atoms with E-state index in [1.165, 1.54) is 12.0 Å². The van der Waals surface area contributed by atoms with E-state index >= 15 is 0 Å². The van der Waals surface area contributed by atoms with Crippen molar-refractivity contribution in [1.82, 2.24) is 14.4 Å². The molecule has 0 aliphatic rings. The van der Waals surface area contributed by atoms with E-state index < -0.39 is 5.97 Å². The van der Waals surface area contributed by atoms with Crippen LogP contribution in [0.25, 0.3) is 5.65 Å². The second kappa shape index (κ2) is 10.8. The zero-order valence-corrected chi connectivity index (χ0v) is 20.3. The first-order chi connectivity index (χ1) is 17.4. The Morgan fingerprint density at radius 2 is 1.86 bits per heavy atom. The molecule has 1 aromatic carbocycles. The highest BCUT2D eigenvalue weighted by molar-refractivity contribution is 6.06. The van der Waals surface area contributed by atoms with Gasteiger partial charge in [0.05, 0.1) is 19.2 Å². The lowest BCUT2D eigenvalue weighted by Gasteiger charge is -2.21. The number of nitrogen functional groups attached to an aromatic ring is 1. The second-order valence-electron chi connectivity index (χ2n) is 8.37. The van der Waals surface area contributed by atoms with Gasteiger partial charge < -0.3 is 14.9 Å². The minimum atomic E-state index is -0.399. The van der Waals surface area contributed by atoms with Crippen LogP contribution in [0.1, 0.15) is 39.3 Å². The number of imidazole rings is 1. The fourth-order valence-corrected chi connectivity index (χ4v) is 3.99. The van der Waals surface area contributed by atoms with Crippen molar-refractivity contribution < 1.29 is 14.3 Å². The Balaban J connectivity index is 1.55. The molecule has 0 fully saturated rings. The number of anilines is 1. The van der Waals surface area contributed by atoms with E-state index in [0.717, 1.165) is 29.8 Å². The number of aryl methyl sites for hydroxylation is 3. The monoisotopic (exact) mass is 484 g/mol. The van der Waals surface area contributed by atoms with Crippen LogP contribution in [0.5, 0.6) is 0 Å². The first-order valence-electron chi connectivity index (χ1n) is 11.6. The number of carbonyl (C=O) groups excluding carboxylic acids is 2. The second-order valence-corrected chi connectivity index (χ2v) is 8.37. The summed E-state index contributed by atoms with van der Waals surface area (Å²) in [5.41, 5.74) is 10.4. The minimum Gasteiger partial charge on any atom is -0.469 e. The van der Waals surface area contributed by atoms with Crippen molar-refractivity contribution in [3.8, 4) is 0 Å². The molecule has 0 spiro atoms. The lowest BCUT2D eigenvalue weighted by atomic mass is 10.1. The molecule has 0 unspecified atom stereocenters. The Bertz CT molecular complexity index is 1400. The number of benzene rings is 1. The van der Waals surface area contributed by atoms with Gasteiger partial charge in [0, 0.05) is 35.8 Å². The molecule has 4 rings (SSSR count). The van der Waals surface area contributed by atoms with Crippen molar-refractivity contribution in [3.63, 3.8) is 0 Å². The summed E-state index contributed by atoms with van der Waals surface area (Å²) in [5, 5.41) is 7.52. The first-order valence-corrected chi connectivity index (χ1v) is 11.6. The Morgan fingerprint density at radius 1 is 1.08 bits per heavy atom. The lowest BCUT2D eigenvalue weighted by molar-refractivity contribution is -0.140. The number of amidine groups is 1. The Morgan fingerprint density at radius 3 is 2.53 bits per heavy atom. The predicted molar refractivity (Wildman–Crippen MR) is 137 cm³/mol. The maximum atomic E-state index is 13.4. The highest BCUT2D eigenvalue weighted by Gasteiger charge is 2.21. The average molecular weight is 485 g/mol. The fraction of sp³-hybridized carbons (Fsp3) is 0.222. The van der Waals surface area contributed by atoms with Gasteiger partial charge in [-0.1, -0.05) is 30.3 Å². The molecule has 0 aliphatic heterocycles. The van der Waals surface area contributed by atoms with Gasteiger partial charge in [-0.05, 0) is 49.6 Å². The standard InChI is InChI=1S/C27H28N6O3/c1-18-22(11-8-19-6-9-20(10-7-19)26(28)29)31-24-17-21(12-15-32(18)24)27(35)33(16-13-25(34)36-2)23-5-3-4-14-30-23/h3-7,9-10,12,14-15,17H,8,11,13,16H2,1-2H3,(H3,28,29). The maximum absolute atomic E-state index is 13.4. The molecule has 184 valence electrons. The van der Waals surface area contributed by atoms with Crippen LogP contribution >= 0.6 is 0 Å². The van der Waals surface area contributed by atoms with E-state index in [1.807, 2.05) is 41.8 Å². The van der Waals surface area contributed by atoms with Crippen LogP contribution in [0.2, 0.25) is 0 Å². The van der Waals surface area contributed by atoms with Gasteiger partial charge in [-0.2, -0.15) is 0 Å². The number of carbonyl (C=O) groups is 2. The predicted octanol–water partition coefficient (Wildman–Crippen LogP) is 3.32. The number of nitrogens with one attached hydrogen (secondary N) is 1. The third-order valence-electron chi connectivity index (χ3n) is 6.06. The van der Waals surface area contributed by atoms with Gasteiger partial charge in [0.2, 0.25) is 0 Å². The van der Waals surface area contributed by atoms with E-state index in [2.05, 4.69) is 4.98 Å². The topological polar surface area (TPSA) is 127 Å². The molecule has 0 saturated heterocycles. The third-order valence-corrected chi connectivity index (χ3v) is 6.06. The number of amides is 1. The molecule has 0 bridgehead atoms. The number of pyridine rings is 2. The number of aromatic nitrogens is 3. The summed E-state index contributed by atoms with van der Waals surface area (Å²) in [5.74, 6) is -0.159. The van der Waals surface area contributed by atoms with E-state index in [0.29, 0.717) is 22.6 Å². The molecule has 1 amide bonds. The molecular weight excluding hydrogens is 456 g/mol. The summed E-state index contributed by atoms with van der Waals surface area (Å²) in [6.07, 6.45) is 5.02. The van der Waals surface area contributed by atoms with Crippen molar-refractivity contribution >= 4 is 29.2 Å². The molecule has 36 heavy (non-hydrogen) atoms. The van der Waals surface area contributed by atoms with Crippen LogP contribution in [-0.2, 0) is 22.4 Å². The molecule has 9 heteroatoms. The van der Waals surface area contributed by atoms with E-state index in [-0.39, 0.29) is 24.7 Å². The van der Waals surface area contributed by atoms with Crippen LogP contribution in [0.4, 0.5) is 5.82 Å². The number of ether oxygens (including phenoxy) is 1. The van der Waals surface area contributed by atoms with Gasteiger partial charge in [0.1, 0.15) is 17.3 Å². The number of esters is 1. The maximum Gasteiger partial charge on any atom is 0.307 e. The molecule has 4 aromatic rings. The first kappa shape index (κ1) is 24.6. The number of rotatable bonds is 9. The molecular formula is C27H28N6O3. The largest absolute Gasteiger partial charge is 0.469 e. The van der Waals surface area contributed by atoms with Crippen LogP contribution in [0.3, 0.4) is 0 Å². The molecule has 9 nitrogen and oxygen atoms in total. The highest BCUT2D eigenvalue weighted by atomic mass is 16.5. The van der Waals surface area contributed by atoms with Gasteiger partial charge in [-0.3, -0.25) is 19.9 Å². The number of hydrogen-bond acceptors (Lipinski definition) is 6. The van der Waals surface area contributed by atoms with E-state index in [9.17, 15) is 9.59 Å². The molecule has 0 aliphatic carbocycles. The van der Waals surface area contributed by atoms with Gasteiger partial charge >= 0.3 is 5.97 Å².